The van der Waals surface area contributed by atoms with Gasteiger partial charge in [0.15, 0.2) is 10.9 Å². The number of aromatic nitrogens is 2. The number of β-amino-alcohol motifs (C(OH)–C–C–N with tert-alkyl or cyclic N) is 1. The molecule has 208 valence electrons. The van der Waals surface area contributed by atoms with Gasteiger partial charge in [-0.25, -0.2) is 18.7 Å². The molecule has 0 aliphatic carbocycles. The van der Waals surface area contributed by atoms with Gasteiger partial charge in [-0.2, -0.15) is 0 Å². The summed E-state index contributed by atoms with van der Waals surface area (Å²) in [5.74, 6) is -1.71. The first-order valence-corrected chi connectivity index (χ1v) is 14.0. The lowest BCUT2D eigenvalue weighted by Crippen LogP contribution is -2.51. The van der Waals surface area contributed by atoms with Crippen LogP contribution in [0.5, 0.6) is 0 Å². The number of carbonyl (C=O) groups is 1. The minimum absolute atomic E-state index is 0.0468. The van der Waals surface area contributed by atoms with Gasteiger partial charge in [-0.05, 0) is 39.3 Å². The zero-order valence-corrected chi connectivity index (χ0v) is 23.2. The monoisotopic (exact) mass is 577 g/mol. The third-order valence-electron chi connectivity index (χ3n) is 7.62. The van der Waals surface area contributed by atoms with Crippen molar-refractivity contribution < 1.29 is 23.8 Å². The minimum atomic E-state index is -1.25. The summed E-state index contributed by atoms with van der Waals surface area (Å²) in [6.45, 7) is 5.08. The molecule has 0 bridgehead atoms. The number of hydrogen-bond acceptors (Lipinski definition) is 8. The van der Waals surface area contributed by atoms with Crippen LogP contribution in [-0.4, -0.2) is 62.8 Å². The number of hydrogen-bond donors (Lipinski definition) is 3. The molecule has 2 saturated heterocycles. The molecule has 5 rings (SSSR count). The van der Waals surface area contributed by atoms with Crippen molar-refractivity contribution >= 4 is 45.5 Å². The molecule has 8 nitrogen and oxygen atoms in total. The second-order valence-corrected chi connectivity index (χ2v) is 12.1. The number of halogens is 3. The van der Waals surface area contributed by atoms with Crippen LogP contribution in [-0.2, 0) is 17.8 Å². The molecule has 0 spiro atoms. The first kappa shape index (κ1) is 27.7. The average Bonchev–Trinajstić information content (AvgIpc) is 3.27. The molecule has 0 radical (unpaired) electrons. The van der Waals surface area contributed by atoms with Gasteiger partial charge in [0.05, 0.1) is 27.9 Å². The van der Waals surface area contributed by atoms with Gasteiger partial charge >= 0.3 is 5.97 Å². The van der Waals surface area contributed by atoms with E-state index in [-0.39, 0.29) is 54.8 Å². The molecule has 0 amide bonds. The number of aryl methyl sites for hydroxylation is 1. The third-order valence-corrected chi connectivity index (χ3v) is 8.74. The number of nitrogens with one attached hydrogen (secondary N) is 1. The maximum atomic E-state index is 15.8. The number of likely N-dealkylation sites (tertiary alicyclic amines) is 1. The number of thiazole rings is 1. The molecule has 0 saturated carbocycles. The van der Waals surface area contributed by atoms with Crippen LogP contribution in [0, 0.1) is 24.0 Å². The Morgan fingerprint density at radius 2 is 2.08 bits per heavy atom. The predicted molar refractivity (Wildman–Crippen MR) is 147 cm³/mol. The number of carboxylic acids is 1. The molecule has 3 aromatic rings. The van der Waals surface area contributed by atoms with E-state index >= 15 is 4.39 Å². The maximum absolute atomic E-state index is 15.8. The first-order chi connectivity index (χ1) is 18.5. The molecule has 2 aliphatic rings. The molecule has 2 fully saturated rings. The van der Waals surface area contributed by atoms with Crippen LogP contribution in [0.25, 0.3) is 0 Å². The van der Waals surface area contributed by atoms with E-state index in [0.717, 1.165) is 4.88 Å². The normalized spacial score (nSPS) is 22.1. The Labute approximate surface area is 234 Å². The summed E-state index contributed by atoms with van der Waals surface area (Å²) < 4.78 is 30.4. The summed E-state index contributed by atoms with van der Waals surface area (Å²) in [6.07, 6.45) is 1.56. The molecule has 2 aliphatic heterocycles. The fraction of sp³-hybridized carbons (Fsp3) is 0.444. The van der Waals surface area contributed by atoms with Crippen LogP contribution in [0.4, 0.5) is 25.4 Å². The summed E-state index contributed by atoms with van der Waals surface area (Å²) in [4.78, 5) is 26.2. The molecule has 12 heteroatoms. The van der Waals surface area contributed by atoms with Crippen LogP contribution in [0.2, 0.25) is 5.02 Å². The van der Waals surface area contributed by atoms with E-state index in [4.69, 9.17) is 11.6 Å². The van der Waals surface area contributed by atoms with E-state index in [1.165, 1.54) is 17.4 Å². The second kappa shape index (κ2) is 11.0. The van der Waals surface area contributed by atoms with Crippen LogP contribution in [0.15, 0.2) is 30.5 Å². The number of benzene rings is 1. The van der Waals surface area contributed by atoms with E-state index in [9.17, 15) is 19.4 Å². The van der Waals surface area contributed by atoms with Gasteiger partial charge in [0.25, 0.3) is 0 Å². The summed E-state index contributed by atoms with van der Waals surface area (Å²) in [5.41, 5.74) is -0.488. The van der Waals surface area contributed by atoms with Gasteiger partial charge in [0.1, 0.15) is 11.6 Å². The van der Waals surface area contributed by atoms with Crippen LogP contribution in [0.3, 0.4) is 0 Å². The van der Waals surface area contributed by atoms with Gasteiger partial charge in [0.2, 0.25) is 0 Å². The third kappa shape index (κ3) is 5.72. The first-order valence-electron chi connectivity index (χ1n) is 12.8. The maximum Gasteiger partial charge on any atom is 0.310 e. The van der Waals surface area contributed by atoms with Crippen molar-refractivity contribution in [3.05, 3.63) is 63.3 Å². The summed E-state index contributed by atoms with van der Waals surface area (Å²) in [7, 11) is 0. The summed E-state index contributed by atoms with van der Waals surface area (Å²) in [5, 5.41) is 23.9. The van der Waals surface area contributed by atoms with Crippen molar-refractivity contribution in [2.75, 3.05) is 29.9 Å². The summed E-state index contributed by atoms with van der Waals surface area (Å²) in [6, 6.07) is 6.21. The number of rotatable bonds is 8. The molecular formula is C27H30ClF2N5O3S. The molecular weight excluding hydrogens is 548 g/mol. The highest BCUT2D eigenvalue weighted by molar-refractivity contribution is 7.15. The van der Waals surface area contributed by atoms with Crippen molar-refractivity contribution in [3.63, 3.8) is 0 Å². The standard InChI is InChI=1S/C27H30ClF2N5O3S/c1-15-9-27(25(37)38,6-7-34(15)12-17-4-3-5-19(28)23(17)29)10-20-24(30)21(35-13-18(36)14-35)8-22(32-20)33-26-31-11-16(2)39-26/h3-5,8,11,15,18,36H,6-7,9-10,12-14H2,1-2H3,(H,37,38)(H,31,32,33)/t15-,27-/m1/s1. The lowest BCUT2D eigenvalue weighted by molar-refractivity contribution is -0.153. The fourth-order valence-corrected chi connectivity index (χ4v) is 6.27. The number of piperidine rings is 1. The number of carboxylic acid groups (broad SMARTS) is 1. The van der Waals surface area contributed by atoms with E-state index in [1.54, 1.807) is 29.3 Å². The Hall–Kier alpha value is -2.86. The van der Waals surface area contributed by atoms with E-state index < -0.39 is 29.1 Å². The smallest absolute Gasteiger partial charge is 0.310 e. The second-order valence-electron chi connectivity index (χ2n) is 10.5. The average molecular weight is 578 g/mol. The minimum Gasteiger partial charge on any atom is -0.481 e. The van der Waals surface area contributed by atoms with Gasteiger partial charge in [-0.15, -0.1) is 11.3 Å². The number of pyridine rings is 1. The largest absolute Gasteiger partial charge is 0.481 e. The Kier molecular flexibility index (Phi) is 7.78. The van der Waals surface area contributed by atoms with Gasteiger partial charge in [0, 0.05) is 54.8 Å². The van der Waals surface area contributed by atoms with Gasteiger partial charge in [-0.1, -0.05) is 23.7 Å². The van der Waals surface area contributed by atoms with Crippen molar-refractivity contribution in [2.45, 2.75) is 51.8 Å². The molecule has 1 aromatic carbocycles. The molecule has 0 unspecified atom stereocenters. The van der Waals surface area contributed by atoms with Crippen molar-refractivity contribution in [1.29, 1.82) is 0 Å². The van der Waals surface area contributed by atoms with Gasteiger partial charge in [-0.3, -0.25) is 9.69 Å². The Bertz CT molecular complexity index is 1390. The topological polar surface area (TPSA) is 102 Å². The van der Waals surface area contributed by atoms with Crippen molar-refractivity contribution in [1.82, 2.24) is 14.9 Å². The Balaban J connectivity index is 1.41. The molecule has 4 heterocycles. The van der Waals surface area contributed by atoms with Crippen molar-refractivity contribution in [3.8, 4) is 0 Å². The summed E-state index contributed by atoms with van der Waals surface area (Å²) >= 11 is 7.37. The number of aliphatic carboxylic acids is 1. The quantitative estimate of drug-likeness (QED) is 0.344. The number of aliphatic hydroxyl groups is 1. The fourth-order valence-electron chi connectivity index (χ4n) is 5.40. The molecule has 2 atom stereocenters. The highest BCUT2D eigenvalue weighted by Crippen LogP contribution is 2.41. The van der Waals surface area contributed by atoms with Crippen molar-refractivity contribution in [2.24, 2.45) is 5.41 Å². The zero-order chi connectivity index (χ0) is 27.9. The van der Waals surface area contributed by atoms with E-state index in [2.05, 4.69) is 15.3 Å². The Morgan fingerprint density at radius 1 is 1.31 bits per heavy atom. The number of aliphatic hydroxyl groups excluding tert-OH is 1. The molecule has 39 heavy (non-hydrogen) atoms. The Morgan fingerprint density at radius 3 is 2.72 bits per heavy atom. The van der Waals surface area contributed by atoms with Crippen LogP contribution < -0.4 is 10.2 Å². The molecule has 3 N–H and O–H groups in total. The highest BCUT2D eigenvalue weighted by Gasteiger charge is 2.46. The lowest BCUT2D eigenvalue weighted by atomic mass is 9.72. The van der Waals surface area contributed by atoms with E-state index in [0.29, 0.717) is 29.6 Å². The molecule has 2 aromatic heterocycles. The number of anilines is 3. The SMILES string of the molecule is Cc1cnc(Nc2cc(N3CC(O)C3)c(F)c(C[C@@]3(C(=O)O)CCN(Cc4cccc(Cl)c4F)[C@H](C)C3)n2)s1. The van der Waals surface area contributed by atoms with E-state index in [1.807, 2.05) is 18.7 Å². The van der Waals surface area contributed by atoms with Gasteiger partial charge < -0.3 is 20.4 Å². The van der Waals surface area contributed by atoms with Crippen LogP contribution in [0.1, 0.15) is 35.9 Å². The zero-order valence-electron chi connectivity index (χ0n) is 21.6. The van der Waals surface area contributed by atoms with Crippen LogP contribution >= 0.6 is 22.9 Å². The highest BCUT2D eigenvalue weighted by atomic mass is 35.5. The predicted octanol–water partition coefficient (Wildman–Crippen LogP) is 5.00. The lowest BCUT2D eigenvalue weighted by Gasteiger charge is -2.43. The number of nitrogens with zero attached hydrogens (tertiary/aromatic N) is 4.